The zero-order chi connectivity index (χ0) is 11.4. The third-order valence-corrected chi connectivity index (χ3v) is 4.34. The summed E-state index contributed by atoms with van der Waals surface area (Å²) in [7, 11) is 4.23. The molecule has 0 aromatic carbocycles. The summed E-state index contributed by atoms with van der Waals surface area (Å²) in [5.41, 5.74) is 0. The first-order chi connectivity index (χ1) is 7.04. The van der Waals surface area contributed by atoms with Crippen molar-refractivity contribution in [3.05, 3.63) is 0 Å². The Bertz CT molecular complexity index is 208. The molecule has 0 amide bonds. The van der Waals surface area contributed by atoms with Crippen molar-refractivity contribution < 1.29 is 0 Å². The fourth-order valence-electron chi connectivity index (χ4n) is 2.39. The van der Waals surface area contributed by atoms with Gasteiger partial charge in [-0.05, 0) is 0 Å². The van der Waals surface area contributed by atoms with Gasteiger partial charge >= 0.3 is 102 Å². The third-order valence-electron chi connectivity index (χ3n) is 3.13. The molecule has 0 atom stereocenters. The number of nitrogens with zero attached hydrogens (tertiary/aromatic N) is 2. The van der Waals surface area contributed by atoms with E-state index in [0.717, 1.165) is 6.04 Å². The van der Waals surface area contributed by atoms with Crippen LogP contribution in [0.5, 0.6) is 0 Å². The Morgan fingerprint density at radius 2 is 1.67 bits per heavy atom. The Kier molecular flexibility index (Phi) is 5.14. The Morgan fingerprint density at radius 3 is 2.07 bits per heavy atom. The first-order valence-electron chi connectivity index (χ1n) is 6.03. The molecule has 1 aliphatic carbocycles. The summed E-state index contributed by atoms with van der Waals surface area (Å²) >= 11 is 3.22. The standard InChI is InChI=1S/C12H24N2Se/c1-10(2)14(12(15)13(3)4)11-8-6-5-7-9-11/h10-11H,5-9H2,1-4H3. The zero-order valence-corrected chi connectivity index (χ0v) is 12.2. The van der Waals surface area contributed by atoms with Gasteiger partial charge in [0.15, 0.2) is 0 Å². The van der Waals surface area contributed by atoms with Crippen LogP contribution in [0.3, 0.4) is 0 Å². The summed E-state index contributed by atoms with van der Waals surface area (Å²) < 4.78 is 1.29. The predicted molar refractivity (Wildman–Crippen MR) is 68.3 cm³/mol. The fraction of sp³-hybridized carbons (Fsp3) is 0.917. The summed E-state index contributed by atoms with van der Waals surface area (Å²) in [5, 5.41) is 0. The van der Waals surface area contributed by atoms with Gasteiger partial charge in [0, 0.05) is 0 Å². The quantitative estimate of drug-likeness (QED) is 0.722. The number of rotatable bonds is 4. The molecule has 1 rings (SSSR count). The molecule has 15 heavy (non-hydrogen) atoms. The van der Waals surface area contributed by atoms with Gasteiger partial charge in [-0.2, -0.15) is 0 Å². The van der Waals surface area contributed by atoms with Gasteiger partial charge in [0.2, 0.25) is 0 Å². The van der Waals surface area contributed by atoms with Crippen molar-refractivity contribution in [2.75, 3.05) is 14.1 Å². The van der Waals surface area contributed by atoms with Gasteiger partial charge in [0.1, 0.15) is 0 Å². The second kappa shape index (κ2) is 5.91. The van der Waals surface area contributed by atoms with Gasteiger partial charge in [-0.15, -0.1) is 0 Å². The van der Waals surface area contributed by atoms with Crippen molar-refractivity contribution in [2.45, 2.75) is 58.0 Å². The van der Waals surface area contributed by atoms with Crippen molar-refractivity contribution in [3.63, 3.8) is 0 Å². The van der Waals surface area contributed by atoms with Crippen molar-refractivity contribution >= 4 is 20.2 Å². The minimum absolute atomic E-state index is 0.590. The number of hydrogen-bond acceptors (Lipinski definition) is 2. The maximum atomic E-state index is 3.22. The Morgan fingerprint density at radius 1 is 1.13 bits per heavy atom. The van der Waals surface area contributed by atoms with E-state index in [4.69, 9.17) is 0 Å². The van der Waals surface area contributed by atoms with Gasteiger partial charge in [-0.25, -0.2) is 0 Å². The Balaban J connectivity index is 2.67. The molecule has 88 valence electrons. The molecule has 0 radical (unpaired) electrons. The molecular formula is C12H24N2Se. The van der Waals surface area contributed by atoms with Gasteiger partial charge in [-0.3, -0.25) is 0 Å². The van der Waals surface area contributed by atoms with Crippen LogP contribution in [0.15, 0.2) is 0 Å². The van der Waals surface area contributed by atoms with Crippen molar-refractivity contribution in [3.8, 4) is 0 Å². The van der Waals surface area contributed by atoms with Gasteiger partial charge < -0.3 is 0 Å². The minimum atomic E-state index is 0.590. The van der Waals surface area contributed by atoms with E-state index in [1.807, 2.05) is 0 Å². The van der Waals surface area contributed by atoms with Crippen LogP contribution in [0.25, 0.3) is 0 Å². The van der Waals surface area contributed by atoms with E-state index in [1.54, 1.807) is 0 Å². The molecule has 2 nitrogen and oxygen atoms in total. The van der Waals surface area contributed by atoms with Crippen molar-refractivity contribution in [1.82, 2.24) is 9.80 Å². The van der Waals surface area contributed by atoms with Crippen LogP contribution in [0.2, 0.25) is 0 Å². The van der Waals surface area contributed by atoms with Crippen LogP contribution in [-0.4, -0.2) is 56.2 Å². The molecule has 1 aliphatic rings. The molecule has 0 heterocycles. The van der Waals surface area contributed by atoms with Crippen LogP contribution < -0.4 is 0 Å². The summed E-state index contributed by atoms with van der Waals surface area (Å²) in [6.07, 6.45) is 6.94. The SMILES string of the molecule is CC(C)N(C(=[Se])N(C)C)C1CCCCC1. The van der Waals surface area contributed by atoms with E-state index < -0.39 is 0 Å². The van der Waals surface area contributed by atoms with Gasteiger partial charge in [0.25, 0.3) is 0 Å². The Hall–Kier alpha value is -0.0105. The molecular weight excluding hydrogens is 251 g/mol. The third kappa shape index (κ3) is 3.49. The van der Waals surface area contributed by atoms with Crippen molar-refractivity contribution in [2.24, 2.45) is 0 Å². The maximum absolute atomic E-state index is 3.22. The fourth-order valence-corrected chi connectivity index (χ4v) is 3.14. The monoisotopic (exact) mass is 276 g/mol. The molecule has 0 bridgehead atoms. The summed E-state index contributed by atoms with van der Waals surface area (Å²) in [5.74, 6) is 0. The molecule has 0 saturated heterocycles. The normalized spacial score (nSPS) is 17.9. The molecule has 0 aliphatic heterocycles. The van der Waals surface area contributed by atoms with Gasteiger partial charge in [0.05, 0.1) is 0 Å². The van der Waals surface area contributed by atoms with Crippen LogP contribution >= 0.6 is 0 Å². The summed E-state index contributed by atoms with van der Waals surface area (Å²) in [6.45, 7) is 4.57. The first kappa shape index (κ1) is 13.1. The summed E-state index contributed by atoms with van der Waals surface area (Å²) in [4.78, 5) is 4.74. The molecule has 0 N–H and O–H groups in total. The van der Waals surface area contributed by atoms with Crippen LogP contribution in [0.4, 0.5) is 0 Å². The van der Waals surface area contributed by atoms with E-state index in [-0.39, 0.29) is 0 Å². The van der Waals surface area contributed by atoms with E-state index in [2.05, 4.69) is 53.3 Å². The molecule has 1 saturated carbocycles. The van der Waals surface area contributed by atoms with Crippen LogP contribution in [0.1, 0.15) is 46.0 Å². The van der Waals surface area contributed by atoms with Crippen LogP contribution in [0, 0.1) is 0 Å². The van der Waals surface area contributed by atoms with Crippen molar-refractivity contribution in [1.29, 1.82) is 0 Å². The van der Waals surface area contributed by atoms with E-state index >= 15 is 0 Å². The molecule has 0 aromatic rings. The average Bonchev–Trinajstić information content (AvgIpc) is 2.18. The molecule has 1 fully saturated rings. The first-order valence-corrected chi connectivity index (χ1v) is 6.89. The second-order valence-electron chi connectivity index (χ2n) is 4.97. The van der Waals surface area contributed by atoms with E-state index in [9.17, 15) is 0 Å². The second-order valence-corrected chi connectivity index (χ2v) is 5.74. The van der Waals surface area contributed by atoms with E-state index in [1.165, 1.54) is 36.8 Å². The number of hydrogen-bond donors (Lipinski definition) is 0. The van der Waals surface area contributed by atoms with Crippen LogP contribution in [-0.2, 0) is 0 Å². The zero-order valence-electron chi connectivity index (χ0n) is 10.5. The van der Waals surface area contributed by atoms with E-state index in [0.29, 0.717) is 6.04 Å². The Labute approximate surface area is 102 Å². The average molecular weight is 275 g/mol. The molecule has 0 unspecified atom stereocenters. The molecule has 0 aromatic heterocycles. The van der Waals surface area contributed by atoms with Gasteiger partial charge in [-0.1, -0.05) is 0 Å². The molecule has 3 heteroatoms. The predicted octanol–water partition coefficient (Wildman–Crippen LogP) is 1.85. The summed E-state index contributed by atoms with van der Waals surface area (Å²) in [6, 6.07) is 1.34. The molecule has 0 spiro atoms. The topological polar surface area (TPSA) is 6.48 Å².